The van der Waals surface area contributed by atoms with Gasteiger partial charge in [-0.05, 0) is 0 Å². The molecule has 0 aromatic carbocycles. The lowest BCUT2D eigenvalue weighted by atomic mass is 10.7. The topological polar surface area (TPSA) is 160 Å². The molecule has 0 aromatic rings. The van der Waals surface area contributed by atoms with Gasteiger partial charge in [0, 0.05) is 33.1 Å². The number of rotatable bonds is 8. The summed E-state index contributed by atoms with van der Waals surface area (Å²) in [5, 5.41) is 7.42. The van der Waals surface area contributed by atoms with Crippen LogP contribution in [0.2, 0.25) is 0 Å². The van der Waals surface area contributed by atoms with E-state index in [4.69, 9.17) is 42.3 Å². The Morgan fingerprint density at radius 3 is 1.11 bits per heavy atom. The highest BCUT2D eigenvalue weighted by molar-refractivity contribution is 5.62. The lowest BCUT2D eigenvalue weighted by Gasteiger charge is -1.95. The molecule has 112 valence electrons. The lowest BCUT2D eigenvalue weighted by Crippen LogP contribution is -2.13. The van der Waals surface area contributed by atoms with Gasteiger partial charge in [-0.25, -0.2) is 0 Å². The fourth-order valence-corrected chi connectivity index (χ4v) is 0.537. The summed E-state index contributed by atoms with van der Waals surface area (Å²) in [6.07, 6.45) is 0. The van der Waals surface area contributed by atoms with Gasteiger partial charge >= 0.3 is 0 Å². The average molecular weight is 268 g/mol. The van der Waals surface area contributed by atoms with Crippen molar-refractivity contribution in [2.75, 3.05) is 52.6 Å². The first-order valence-corrected chi connectivity index (χ1v) is 5.72. The minimum Gasteiger partial charge on any atom is -0.481 e. The van der Waals surface area contributed by atoms with E-state index in [1.165, 1.54) is 0 Å². The standard InChI is InChI=1S/2C4H12N2O.C2H4O2/c2*5-1-3-7-4-2-6;1-2(3)4/h2*1-6H2;1H3,(H,3,4). The van der Waals surface area contributed by atoms with Crippen LogP contribution in [0, 0.1) is 0 Å². The molecule has 0 aromatic heterocycles. The lowest BCUT2D eigenvalue weighted by molar-refractivity contribution is -0.134. The molecule has 8 nitrogen and oxygen atoms in total. The minimum absolute atomic E-state index is 0.583. The maximum absolute atomic E-state index is 9.00. The average Bonchev–Trinajstić information content (AvgIpc) is 2.31. The molecule has 0 atom stereocenters. The van der Waals surface area contributed by atoms with Gasteiger partial charge in [0.1, 0.15) is 0 Å². The van der Waals surface area contributed by atoms with Crippen molar-refractivity contribution in [1.29, 1.82) is 0 Å². The quantitative estimate of drug-likeness (QED) is 0.314. The maximum Gasteiger partial charge on any atom is 0.300 e. The monoisotopic (exact) mass is 268 g/mol. The zero-order valence-electron chi connectivity index (χ0n) is 11.1. The molecule has 0 aliphatic heterocycles. The zero-order valence-corrected chi connectivity index (χ0v) is 11.1. The molecule has 0 amide bonds. The first kappa shape index (κ1) is 22.4. The van der Waals surface area contributed by atoms with E-state index in [1.807, 2.05) is 0 Å². The number of nitrogens with two attached hydrogens (primary N) is 4. The predicted molar refractivity (Wildman–Crippen MR) is 71.2 cm³/mol. The number of ether oxygens (including phenoxy) is 2. The van der Waals surface area contributed by atoms with Crippen LogP contribution < -0.4 is 22.9 Å². The van der Waals surface area contributed by atoms with Crippen LogP contribution in [0.1, 0.15) is 6.92 Å². The Balaban J connectivity index is -0.000000196. The Labute approximate surface area is 109 Å². The van der Waals surface area contributed by atoms with Gasteiger partial charge in [-0.2, -0.15) is 0 Å². The van der Waals surface area contributed by atoms with Crippen LogP contribution in [-0.4, -0.2) is 63.7 Å². The van der Waals surface area contributed by atoms with Crippen molar-refractivity contribution in [3.63, 3.8) is 0 Å². The van der Waals surface area contributed by atoms with Crippen LogP contribution in [0.25, 0.3) is 0 Å². The van der Waals surface area contributed by atoms with E-state index < -0.39 is 5.97 Å². The van der Waals surface area contributed by atoms with Gasteiger partial charge in [0.05, 0.1) is 26.4 Å². The molecule has 0 radical (unpaired) electrons. The van der Waals surface area contributed by atoms with Gasteiger partial charge in [-0.3, -0.25) is 4.79 Å². The SMILES string of the molecule is CC(=O)O.NCCOCCN.NCCOCCN. The smallest absolute Gasteiger partial charge is 0.300 e. The van der Waals surface area contributed by atoms with Crippen LogP contribution in [-0.2, 0) is 14.3 Å². The van der Waals surface area contributed by atoms with Crippen molar-refractivity contribution in [3.8, 4) is 0 Å². The van der Waals surface area contributed by atoms with Gasteiger partial charge in [0.15, 0.2) is 0 Å². The molecule has 0 fully saturated rings. The fourth-order valence-electron chi connectivity index (χ4n) is 0.537. The van der Waals surface area contributed by atoms with Gasteiger partial charge in [0.25, 0.3) is 5.97 Å². The highest BCUT2D eigenvalue weighted by Gasteiger charge is 1.78. The molecule has 0 heterocycles. The molecule has 9 N–H and O–H groups in total. The molecule has 0 rings (SSSR count). The van der Waals surface area contributed by atoms with E-state index in [1.54, 1.807) is 0 Å². The summed E-state index contributed by atoms with van der Waals surface area (Å²) in [5.41, 5.74) is 20.4. The van der Waals surface area contributed by atoms with E-state index in [2.05, 4.69) is 0 Å². The Hall–Kier alpha value is -0.770. The molecule has 0 aliphatic carbocycles. The third kappa shape index (κ3) is 59.0. The second kappa shape index (κ2) is 25.2. The van der Waals surface area contributed by atoms with Crippen molar-refractivity contribution < 1.29 is 19.4 Å². The molecule has 0 aliphatic rings. The summed E-state index contributed by atoms with van der Waals surface area (Å²) in [5.74, 6) is -0.833. The molecule has 0 saturated heterocycles. The van der Waals surface area contributed by atoms with Crippen LogP contribution >= 0.6 is 0 Å². The third-order valence-corrected chi connectivity index (χ3v) is 1.05. The van der Waals surface area contributed by atoms with Gasteiger partial charge in [0.2, 0.25) is 0 Å². The number of hydrogen-bond donors (Lipinski definition) is 5. The van der Waals surface area contributed by atoms with Crippen LogP contribution in [0.3, 0.4) is 0 Å². The molecule has 0 spiro atoms. The highest BCUT2D eigenvalue weighted by Crippen LogP contribution is 1.65. The zero-order chi connectivity index (χ0) is 14.6. The third-order valence-electron chi connectivity index (χ3n) is 1.05. The summed E-state index contributed by atoms with van der Waals surface area (Å²) >= 11 is 0. The first-order chi connectivity index (χ1) is 8.56. The van der Waals surface area contributed by atoms with Crippen molar-refractivity contribution in [3.05, 3.63) is 0 Å². The summed E-state index contributed by atoms with van der Waals surface area (Å²) in [6, 6.07) is 0. The van der Waals surface area contributed by atoms with Gasteiger partial charge < -0.3 is 37.5 Å². The summed E-state index contributed by atoms with van der Waals surface area (Å²) in [4.78, 5) is 9.00. The fraction of sp³-hybridized carbons (Fsp3) is 0.900. The molecule has 0 unspecified atom stereocenters. The van der Waals surface area contributed by atoms with Crippen LogP contribution in [0.4, 0.5) is 0 Å². The number of carbonyl (C=O) groups is 1. The predicted octanol–water partition coefficient (Wildman–Crippen LogP) is -2.07. The van der Waals surface area contributed by atoms with Gasteiger partial charge in [-0.1, -0.05) is 0 Å². The van der Waals surface area contributed by atoms with E-state index >= 15 is 0 Å². The molecule has 8 heteroatoms. The Kier molecular flexibility index (Phi) is 31.3. The Bertz CT molecular complexity index is 128. The second-order valence-corrected chi connectivity index (χ2v) is 2.90. The highest BCUT2D eigenvalue weighted by atomic mass is 16.5. The van der Waals surface area contributed by atoms with Crippen LogP contribution in [0.15, 0.2) is 0 Å². The number of carboxylic acid groups (broad SMARTS) is 1. The molecule has 0 saturated carbocycles. The minimum atomic E-state index is -0.833. The molecule has 18 heavy (non-hydrogen) atoms. The summed E-state index contributed by atoms with van der Waals surface area (Å²) < 4.78 is 9.76. The van der Waals surface area contributed by atoms with Crippen molar-refractivity contribution in [2.45, 2.75) is 6.92 Å². The first-order valence-electron chi connectivity index (χ1n) is 5.72. The largest absolute Gasteiger partial charge is 0.481 e. The second-order valence-electron chi connectivity index (χ2n) is 2.90. The van der Waals surface area contributed by atoms with E-state index in [0.29, 0.717) is 52.6 Å². The van der Waals surface area contributed by atoms with Crippen LogP contribution in [0.5, 0.6) is 0 Å². The molecular formula is C10H28N4O4. The Morgan fingerprint density at radius 2 is 1.00 bits per heavy atom. The van der Waals surface area contributed by atoms with Gasteiger partial charge in [-0.15, -0.1) is 0 Å². The van der Waals surface area contributed by atoms with Crippen molar-refractivity contribution >= 4 is 5.97 Å². The van der Waals surface area contributed by atoms with Crippen molar-refractivity contribution in [2.24, 2.45) is 22.9 Å². The summed E-state index contributed by atoms with van der Waals surface area (Å²) in [7, 11) is 0. The normalized spacial score (nSPS) is 8.72. The van der Waals surface area contributed by atoms with Crippen molar-refractivity contribution in [1.82, 2.24) is 0 Å². The number of carboxylic acids is 1. The molecule has 0 bridgehead atoms. The number of hydrogen-bond acceptors (Lipinski definition) is 7. The maximum atomic E-state index is 9.00. The number of aliphatic carboxylic acids is 1. The summed E-state index contributed by atoms with van der Waals surface area (Å²) in [6.45, 7) is 5.91. The van der Waals surface area contributed by atoms with E-state index in [-0.39, 0.29) is 0 Å². The Morgan fingerprint density at radius 1 is 0.833 bits per heavy atom. The van der Waals surface area contributed by atoms with E-state index in [0.717, 1.165) is 6.92 Å². The van der Waals surface area contributed by atoms with E-state index in [9.17, 15) is 0 Å². The molecular weight excluding hydrogens is 240 g/mol.